The maximum absolute atomic E-state index is 7.23. The summed E-state index contributed by atoms with van der Waals surface area (Å²) in [5, 5.41) is 4.84. The van der Waals surface area contributed by atoms with E-state index in [2.05, 4.69) is 312 Å². The van der Waals surface area contributed by atoms with E-state index in [-0.39, 0.29) is 27.1 Å². The number of hydrogen-bond acceptors (Lipinski definition) is 2. The summed E-state index contributed by atoms with van der Waals surface area (Å²) < 4.78 is 13.8. The average molecular weight is 1430 g/mol. The lowest BCUT2D eigenvalue weighted by molar-refractivity contribution is 0.390. The summed E-state index contributed by atoms with van der Waals surface area (Å²) in [6, 6.07) is 87.5. The highest BCUT2D eigenvalue weighted by molar-refractivity contribution is 6.19. The van der Waals surface area contributed by atoms with Crippen LogP contribution in [-0.2, 0) is 39.9 Å². The fourth-order valence-corrected chi connectivity index (χ4v) is 22.2. The first-order valence-corrected chi connectivity index (χ1v) is 41.8. The van der Waals surface area contributed by atoms with Crippen molar-refractivity contribution in [2.45, 2.75) is 193 Å². The number of rotatable bonds is 20. The SMILES string of the molecule is CCCCCCCC1(CCCCCCC)c2ccccc2-c2ccc(-c3ccc4c(c3)C(C)(C)c3cc(-c5cc6c(c7c5oc5ccccc57)-c5ccc(CC(Cc7ccc8c(c7)C(C)(C)c7cc9c(cc7-8)C(C)(C)c7ccc8oc%10ccccc%10c8c7-9)C7C=CC(c8ccccc8)=CC7)cc5C6(C)C)ccc3-4)cc21. The van der Waals surface area contributed by atoms with Crippen molar-refractivity contribution in [1.82, 2.24) is 0 Å². The molecule has 2 atom stereocenters. The Hall–Kier alpha value is -10.3. The summed E-state index contributed by atoms with van der Waals surface area (Å²) in [4.78, 5) is 0. The van der Waals surface area contributed by atoms with E-state index in [0.29, 0.717) is 11.8 Å². The molecule has 14 aromatic rings. The quantitative estimate of drug-likeness (QED) is 0.0711. The second kappa shape index (κ2) is 25.9. The summed E-state index contributed by atoms with van der Waals surface area (Å²) in [6.07, 6.45) is 25.9. The van der Waals surface area contributed by atoms with Crippen LogP contribution in [0.15, 0.2) is 252 Å². The van der Waals surface area contributed by atoms with Gasteiger partial charge in [0.25, 0.3) is 0 Å². The predicted molar refractivity (Wildman–Crippen MR) is 464 cm³/mol. The number of fused-ring (bicyclic) bond motifs is 23. The van der Waals surface area contributed by atoms with Gasteiger partial charge in [0.1, 0.15) is 22.3 Å². The maximum atomic E-state index is 7.23. The molecule has 12 aromatic carbocycles. The molecule has 2 aromatic heterocycles. The van der Waals surface area contributed by atoms with Gasteiger partial charge in [-0.25, -0.2) is 0 Å². The van der Waals surface area contributed by atoms with Crippen LogP contribution in [0.3, 0.4) is 0 Å². The molecule has 546 valence electrons. The Labute approximate surface area is 651 Å². The first-order valence-electron chi connectivity index (χ1n) is 41.8. The van der Waals surface area contributed by atoms with Crippen molar-refractivity contribution in [2.75, 3.05) is 0 Å². The number of allylic oxidation sites excluding steroid dienone is 4. The molecule has 0 fully saturated rings. The van der Waals surface area contributed by atoms with Crippen molar-refractivity contribution < 1.29 is 8.83 Å². The number of para-hydroxylation sites is 2. The molecule has 0 saturated carbocycles. The fraction of sp³-hybridized carbons (Fsp3) is 0.296. The maximum Gasteiger partial charge on any atom is 0.143 e. The zero-order chi connectivity index (χ0) is 74.7. The van der Waals surface area contributed by atoms with Gasteiger partial charge in [0.2, 0.25) is 0 Å². The third-order valence-corrected chi connectivity index (χ3v) is 28.2. The first kappa shape index (κ1) is 69.0. The molecule has 110 heavy (non-hydrogen) atoms. The Balaban J connectivity index is 0.627. The monoisotopic (exact) mass is 1430 g/mol. The molecule has 0 N–H and O–H groups in total. The van der Waals surface area contributed by atoms with Crippen molar-refractivity contribution in [3.8, 4) is 77.9 Å². The van der Waals surface area contributed by atoms with Crippen LogP contribution in [-0.4, -0.2) is 0 Å². The molecule has 0 aliphatic heterocycles. The average Bonchev–Trinajstić information content (AvgIpc) is 1.54. The Morgan fingerprint density at radius 3 is 1.49 bits per heavy atom. The highest BCUT2D eigenvalue weighted by Gasteiger charge is 2.46. The number of hydrogen-bond donors (Lipinski definition) is 0. The minimum atomic E-state index is -0.294. The van der Waals surface area contributed by atoms with Crippen LogP contribution in [0.25, 0.3) is 127 Å². The molecule has 0 spiro atoms. The summed E-state index contributed by atoms with van der Waals surface area (Å²) >= 11 is 0. The highest BCUT2D eigenvalue weighted by Crippen LogP contribution is 2.62. The molecule has 0 radical (unpaired) electrons. The van der Waals surface area contributed by atoms with Crippen LogP contribution < -0.4 is 0 Å². The molecule has 0 bridgehead atoms. The predicted octanol–water partition coefficient (Wildman–Crippen LogP) is 30.1. The Morgan fingerprint density at radius 2 is 0.818 bits per heavy atom. The second-order valence-electron chi connectivity index (χ2n) is 36.0. The largest absolute Gasteiger partial charge is 0.456 e. The zero-order valence-corrected chi connectivity index (χ0v) is 66.2. The van der Waals surface area contributed by atoms with Crippen molar-refractivity contribution in [2.24, 2.45) is 11.8 Å². The van der Waals surface area contributed by atoms with E-state index in [1.54, 1.807) is 11.1 Å². The van der Waals surface area contributed by atoms with E-state index in [4.69, 9.17) is 8.83 Å². The minimum absolute atomic E-state index is 0.0373. The van der Waals surface area contributed by atoms with Crippen molar-refractivity contribution in [1.29, 1.82) is 0 Å². The minimum Gasteiger partial charge on any atom is -0.456 e. The molecular formula is C108H102O2. The summed E-state index contributed by atoms with van der Waals surface area (Å²) in [5.41, 5.74) is 41.4. The summed E-state index contributed by atoms with van der Waals surface area (Å²) in [6.45, 7) is 24.3. The zero-order valence-electron chi connectivity index (χ0n) is 66.2. The second-order valence-corrected chi connectivity index (χ2v) is 36.0. The summed E-state index contributed by atoms with van der Waals surface area (Å²) in [7, 11) is 0. The normalized spacial score (nSPS) is 17.2. The van der Waals surface area contributed by atoms with Crippen LogP contribution in [0, 0.1) is 11.8 Å². The van der Waals surface area contributed by atoms with Crippen molar-refractivity contribution >= 4 is 49.5 Å². The Kier molecular flexibility index (Phi) is 16.2. The fourth-order valence-electron chi connectivity index (χ4n) is 22.2. The third kappa shape index (κ3) is 10.5. The Morgan fingerprint density at radius 1 is 0.336 bits per heavy atom. The van der Waals surface area contributed by atoms with Gasteiger partial charge < -0.3 is 8.83 Å². The molecule has 6 aliphatic carbocycles. The van der Waals surface area contributed by atoms with Crippen molar-refractivity contribution in [3.63, 3.8) is 0 Å². The molecule has 6 aliphatic rings. The van der Waals surface area contributed by atoms with Crippen LogP contribution in [0.5, 0.6) is 0 Å². The number of benzene rings is 12. The lowest BCUT2D eigenvalue weighted by Gasteiger charge is -2.33. The van der Waals surface area contributed by atoms with Gasteiger partial charge in [0.15, 0.2) is 0 Å². The lowest BCUT2D eigenvalue weighted by Crippen LogP contribution is -2.25. The molecule has 2 nitrogen and oxygen atoms in total. The van der Waals surface area contributed by atoms with Crippen molar-refractivity contribution in [3.05, 3.63) is 315 Å². The lowest BCUT2D eigenvalue weighted by atomic mass is 9.70. The van der Waals surface area contributed by atoms with Gasteiger partial charge in [-0.3, -0.25) is 0 Å². The summed E-state index contributed by atoms with van der Waals surface area (Å²) in [5.74, 6) is 0.712. The molecule has 2 heteroatoms. The van der Waals surface area contributed by atoms with Gasteiger partial charge in [-0.2, -0.15) is 0 Å². The number of unbranched alkanes of at least 4 members (excludes halogenated alkanes) is 8. The van der Waals surface area contributed by atoms with E-state index in [1.165, 1.54) is 243 Å². The van der Waals surface area contributed by atoms with Crippen LogP contribution in [0.2, 0.25) is 0 Å². The topological polar surface area (TPSA) is 26.3 Å². The van der Waals surface area contributed by atoms with E-state index >= 15 is 0 Å². The van der Waals surface area contributed by atoms with Gasteiger partial charge in [0, 0.05) is 54.2 Å². The first-order chi connectivity index (χ1) is 53.4. The van der Waals surface area contributed by atoms with E-state index in [9.17, 15) is 0 Å². The van der Waals surface area contributed by atoms with E-state index < -0.39 is 0 Å². The number of furan rings is 2. The third-order valence-electron chi connectivity index (χ3n) is 28.2. The highest BCUT2D eigenvalue weighted by atomic mass is 16.3. The van der Waals surface area contributed by atoms with Gasteiger partial charge in [-0.1, -0.05) is 322 Å². The van der Waals surface area contributed by atoms with Gasteiger partial charge >= 0.3 is 0 Å². The van der Waals surface area contributed by atoms with E-state index in [1.807, 2.05) is 0 Å². The molecule has 0 saturated heterocycles. The molecular weight excluding hydrogens is 1330 g/mol. The van der Waals surface area contributed by atoms with Gasteiger partial charge in [0.05, 0.1) is 0 Å². The molecule has 20 rings (SSSR count). The molecule has 2 heterocycles. The Bertz CT molecular complexity index is 6160. The smallest absolute Gasteiger partial charge is 0.143 e. The van der Waals surface area contributed by atoms with Gasteiger partial charge in [-0.15, -0.1) is 0 Å². The van der Waals surface area contributed by atoms with Crippen LogP contribution in [0.1, 0.15) is 225 Å². The van der Waals surface area contributed by atoms with Gasteiger partial charge in [-0.05, 0) is 249 Å². The van der Waals surface area contributed by atoms with Crippen LogP contribution >= 0.6 is 0 Å². The molecule has 2 unspecified atom stereocenters. The van der Waals surface area contributed by atoms with E-state index in [0.717, 1.165) is 41.6 Å². The standard InChI is InChI=1S/C108H102O2/c1-11-13-15-17-28-54-108(55-29-18-16-14-12-2)86-35-25-22-32-75(86)78-50-45-72(61-94(78)108)71-44-49-76-77-51-46-73(62-91(77)106(7,8)90(76)60-71)83-63-95-99(102-82-34-24-27-37-97(82)110-103(83)102)80-48-39-67(59-89(80)107(95,9)10)57-74(70-42-40-69(41-43-70)68-30-20-19-21-31-68)56-66-38-47-79-84-64-93-85(65-92(84)105(5,6)88(79)58-66)100-87(104(93,3)4)52-53-98-101(100)81-33-23-26-36-96(81)109-98/h19-27,30-42,44-53,58-65,70,74H,11-18,28-29,43,54-57H2,1-10H3. The molecule has 0 amide bonds. The van der Waals surface area contributed by atoms with Crippen LogP contribution in [0.4, 0.5) is 0 Å².